The summed E-state index contributed by atoms with van der Waals surface area (Å²) in [4.78, 5) is 30.1. The standard InChI is InChI=1S/C45H78N6O5/c1-4-6-7-8-9-10-11-12-13-14-15-16-23-39(41-47-30-20-31-50(41)33-36(52)26-29-46)54-42(53)40-38-25-24-35-32-44(27-18-17-22-37(5-2)56-44)48-43(51(35)38)49-45(40)28-19-21-34(3)55-45/h17,22,34-40,52H,4-16,18-21,23-33,46H2,1-3H3,(H,48,49). The molecule has 56 heavy (non-hydrogen) atoms. The van der Waals surface area contributed by atoms with Gasteiger partial charge in [0.1, 0.15) is 17.5 Å². The number of aliphatic imine (C=N–C) groups is 2. The first-order chi connectivity index (χ1) is 27.3. The first-order valence-electron chi connectivity index (χ1n) is 23.4. The van der Waals surface area contributed by atoms with E-state index in [1.54, 1.807) is 0 Å². The minimum atomic E-state index is -0.995. The van der Waals surface area contributed by atoms with Crippen molar-refractivity contribution < 1.29 is 24.1 Å². The van der Waals surface area contributed by atoms with Crippen LogP contribution in [0.15, 0.2) is 22.1 Å². The van der Waals surface area contributed by atoms with Crippen LogP contribution in [0.2, 0.25) is 0 Å². The highest BCUT2D eigenvalue weighted by Gasteiger charge is 2.62. The van der Waals surface area contributed by atoms with E-state index >= 15 is 4.79 Å². The topological polar surface area (TPSA) is 134 Å². The zero-order valence-electron chi connectivity index (χ0n) is 35.4. The van der Waals surface area contributed by atoms with Crippen molar-refractivity contribution in [2.75, 3.05) is 26.2 Å². The molecule has 318 valence electrons. The number of aliphatic hydroxyl groups excluding tert-OH is 1. The number of nitrogens with one attached hydrogen (secondary N) is 1. The Hall–Kier alpha value is -2.21. The Morgan fingerprint density at radius 3 is 2.46 bits per heavy atom. The van der Waals surface area contributed by atoms with Crippen LogP contribution in [0.25, 0.3) is 0 Å². The van der Waals surface area contributed by atoms with E-state index in [1.807, 2.05) is 0 Å². The molecule has 9 unspecified atom stereocenters. The molecule has 0 radical (unpaired) electrons. The maximum atomic E-state index is 15.1. The van der Waals surface area contributed by atoms with Gasteiger partial charge in [-0.15, -0.1) is 0 Å². The van der Waals surface area contributed by atoms with E-state index in [1.165, 1.54) is 64.2 Å². The Balaban J connectivity index is 1.18. The lowest BCUT2D eigenvalue weighted by molar-refractivity contribution is -0.195. The summed E-state index contributed by atoms with van der Waals surface area (Å²) in [6.07, 6.45) is 29.1. The average Bonchev–Trinajstić information content (AvgIpc) is 3.48. The quantitative estimate of drug-likeness (QED) is 0.0608. The van der Waals surface area contributed by atoms with E-state index in [0.717, 1.165) is 95.4 Å². The molecule has 0 amide bonds. The molecule has 6 aliphatic rings. The van der Waals surface area contributed by atoms with Gasteiger partial charge in [0.2, 0.25) is 0 Å². The number of rotatable bonds is 21. The Morgan fingerprint density at radius 1 is 1.00 bits per heavy atom. The molecule has 3 fully saturated rings. The fraction of sp³-hybridized carbons (Fsp3) is 0.889. The monoisotopic (exact) mass is 783 g/mol. The number of hydrogen-bond acceptors (Lipinski definition) is 11. The average molecular weight is 783 g/mol. The maximum Gasteiger partial charge on any atom is 0.316 e. The summed E-state index contributed by atoms with van der Waals surface area (Å²) in [5, 5.41) is 14.7. The summed E-state index contributed by atoms with van der Waals surface area (Å²) in [7, 11) is 0. The van der Waals surface area contributed by atoms with Crippen molar-refractivity contribution in [1.82, 2.24) is 15.1 Å². The molecule has 11 heteroatoms. The van der Waals surface area contributed by atoms with Crippen molar-refractivity contribution in [2.24, 2.45) is 21.6 Å². The number of ether oxygens (including phenoxy) is 3. The third kappa shape index (κ3) is 10.9. The van der Waals surface area contributed by atoms with Gasteiger partial charge in [0.25, 0.3) is 0 Å². The Bertz CT molecular complexity index is 1330. The van der Waals surface area contributed by atoms with Gasteiger partial charge in [-0.1, -0.05) is 96.6 Å². The van der Waals surface area contributed by atoms with Gasteiger partial charge < -0.3 is 40.2 Å². The summed E-state index contributed by atoms with van der Waals surface area (Å²) in [5.41, 5.74) is 4.35. The molecule has 6 heterocycles. The first kappa shape index (κ1) is 43.4. The molecule has 0 aromatic heterocycles. The minimum Gasteiger partial charge on any atom is -0.454 e. The van der Waals surface area contributed by atoms with Gasteiger partial charge in [0, 0.05) is 32.1 Å². The predicted octanol–water partition coefficient (Wildman–Crippen LogP) is 7.74. The fourth-order valence-electron chi connectivity index (χ4n) is 10.6. The van der Waals surface area contributed by atoms with Gasteiger partial charge in [-0.3, -0.25) is 9.79 Å². The third-order valence-corrected chi connectivity index (χ3v) is 13.5. The molecule has 6 rings (SSSR count). The molecule has 11 nitrogen and oxygen atoms in total. The lowest BCUT2D eigenvalue weighted by Gasteiger charge is -2.55. The molecular weight excluding hydrogens is 705 g/mol. The number of carbonyl (C=O) groups excluding carboxylic acids is 1. The summed E-state index contributed by atoms with van der Waals surface area (Å²) in [6, 6.07) is 0.174. The lowest BCUT2D eigenvalue weighted by atomic mass is 9.80. The number of hydrogen-bond donors (Lipinski definition) is 3. The van der Waals surface area contributed by atoms with E-state index in [-0.39, 0.29) is 30.3 Å². The van der Waals surface area contributed by atoms with Crippen molar-refractivity contribution in [3.8, 4) is 0 Å². The van der Waals surface area contributed by atoms with Gasteiger partial charge >= 0.3 is 5.97 Å². The van der Waals surface area contributed by atoms with Crippen molar-refractivity contribution in [3.63, 3.8) is 0 Å². The van der Waals surface area contributed by atoms with Crippen LogP contribution < -0.4 is 11.1 Å². The summed E-state index contributed by atoms with van der Waals surface area (Å²) in [5.74, 6) is 0.892. The van der Waals surface area contributed by atoms with Gasteiger partial charge in [-0.2, -0.15) is 0 Å². The second kappa shape index (κ2) is 21.2. The zero-order valence-corrected chi connectivity index (χ0v) is 35.4. The van der Waals surface area contributed by atoms with E-state index in [4.69, 9.17) is 29.9 Å². The number of nitrogens with zero attached hydrogens (tertiary/aromatic N) is 4. The van der Waals surface area contributed by atoms with Gasteiger partial charge in [0.05, 0.1) is 24.4 Å². The van der Waals surface area contributed by atoms with Crippen molar-refractivity contribution in [1.29, 1.82) is 0 Å². The SMILES string of the molecule is CCCCCCCCCCCCCCC(OC(=O)C1C2CCC3CC4(CCC=CC(CC)O4)NC(=NC14CCCC(C)O4)N32)C1=NCCCN1CC(O)CCN. The van der Waals surface area contributed by atoms with Gasteiger partial charge in [0.15, 0.2) is 17.8 Å². The predicted molar refractivity (Wildman–Crippen MR) is 224 cm³/mol. The molecule has 0 saturated carbocycles. The largest absolute Gasteiger partial charge is 0.454 e. The Labute approximate surface area is 339 Å². The molecule has 0 aromatic carbocycles. The number of carbonyl (C=O) groups is 1. The van der Waals surface area contributed by atoms with Crippen LogP contribution in [0.1, 0.15) is 175 Å². The molecule has 0 aliphatic carbocycles. The Morgan fingerprint density at radius 2 is 1.75 bits per heavy atom. The van der Waals surface area contributed by atoms with Crippen LogP contribution in [0.4, 0.5) is 0 Å². The van der Waals surface area contributed by atoms with Crippen LogP contribution in [0, 0.1) is 5.92 Å². The van der Waals surface area contributed by atoms with Gasteiger partial charge in [-0.25, -0.2) is 4.99 Å². The molecule has 4 N–H and O–H groups in total. The van der Waals surface area contributed by atoms with Crippen LogP contribution in [0.3, 0.4) is 0 Å². The molecule has 0 aromatic rings. The van der Waals surface area contributed by atoms with Crippen LogP contribution in [-0.2, 0) is 19.0 Å². The number of allylic oxidation sites excluding steroid dienone is 1. The molecule has 3 saturated heterocycles. The summed E-state index contributed by atoms with van der Waals surface area (Å²) in [6.45, 7) is 8.95. The number of unbranched alkanes of at least 4 members (excludes halogenated alkanes) is 11. The number of aliphatic hydroxyl groups is 1. The normalized spacial score (nSPS) is 32.4. The molecule has 9 atom stereocenters. The highest BCUT2D eigenvalue weighted by molar-refractivity contribution is 5.91. The molecule has 6 aliphatic heterocycles. The third-order valence-electron chi connectivity index (χ3n) is 13.5. The van der Waals surface area contributed by atoms with Gasteiger partial charge in [-0.05, 0) is 90.5 Å². The highest BCUT2D eigenvalue weighted by atomic mass is 16.6. The fourth-order valence-corrected chi connectivity index (χ4v) is 10.6. The molecule has 0 bridgehead atoms. The number of esters is 1. The second-order valence-corrected chi connectivity index (χ2v) is 18.0. The summed E-state index contributed by atoms with van der Waals surface area (Å²) < 4.78 is 20.6. The smallest absolute Gasteiger partial charge is 0.316 e. The van der Waals surface area contributed by atoms with Crippen molar-refractivity contribution in [2.45, 2.75) is 223 Å². The van der Waals surface area contributed by atoms with Crippen LogP contribution >= 0.6 is 0 Å². The molecular formula is C45H78N6O5. The van der Waals surface area contributed by atoms with E-state index in [2.05, 4.69) is 48.0 Å². The second-order valence-electron chi connectivity index (χ2n) is 18.0. The number of β-amino-alcohol motifs (C(OH)–C–C–N with tert-alkyl or cyclic N) is 1. The maximum absolute atomic E-state index is 15.1. The molecule has 2 spiro atoms. The van der Waals surface area contributed by atoms with E-state index < -0.39 is 29.6 Å². The van der Waals surface area contributed by atoms with E-state index in [0.29, 0.717) is 32.5 Å². The Kier molecular flexibility index (Phi) is 16.4. The minimum absolute atomic E-state index is 0.00778. The number of guanidine groups is 1. The van der Waals surface area contributed by atoms with E-state index in [9.17, 15) is 5.11 Å². The van der Waals surface area contributed by atoms with Crippen molar-refractivity contribution >= 4 is 17.8 Å². The first-order valence-corrected chi connectivity index (χ1v) is 23.4. The highest BCUT2D eigenvalue weighted by Crippen LogP contribution is 2.50. The van der Waals surface area contributed by atoms with Crippen LogP contribution in [-0.4, -0.2) is 107 Å². The number of amidine groups is 1. The van der Waals surface area contributed by atoms with Crippen LogP contribution in [0.5, 0.6) is 0 Å². The summed E-state index contributed by atoms with van der Waals surface area (Å²) >= 11 is 0. The zero-order chi connectivity index (χ0) is 39.4. The lowest BCUT2D eigenvalue weighted by Crippen LogP contribution is -2.71. The van der Waals surface area contributed by atoms with Crippen molar-refractivity contribution in [3.05, 3.63) is 12.2 Å². The number of nitrogens with two attached hydrogens (primary N) is 1.